The molecule has 0 unspecified atom stereocenters. The Labute approximate surface area is 126 Å². The first-order chi connectivity index (χ1) is 9.52. The minimum atomic E-state index is -0.488. The molecule has 0 radical (unpaired) electrons. The van der Waals surface area contributed by atoms with Crippen LogP contribution < -0.4 is 11.1 Å². The van der Waals surface area contributed by atoms with Crippen molar-refractivity contribution in [1.29, 1.82) is 0 Å². The fourth-order valence-electron chi connectivity index (χ4n) is 1.70. The second kappa shape index (κ2) is 6.03. The number of halogens is 2. The zero-order valence-electron chi connectivity index (χ0n) is 10.6. The average molecular weight is 311 g/mol. The van der Waals surface area contributed by atoms with Crippen LogP contribution in [0.1, 0.15) is 10.4 Å². The van der Waals surface area contributed by atoms with Gasteiger partial charge in [-0.3, -0.25) is 0 Å². The van der Waals surface area contributed by atoms with Crippen LogP contribution in [0.5, 0.6) is 0 Å². The molecule has 0 saturated heterocycles. The number of nitrogens with two attached hydrogens (primary N) is 1. The number of nitrogens with one attached hydrogen (secondary N) is 1. The van der Waals surface area contributed by atoms with Crippen molar-refractivity contribution in [3.63, 3.8) is 0 Å². The highest BCUT2D eigenvalue weighted by atomic mass is 35.5. The van der Waals surface area contributed by atoms with Gasteiger partial charge in [0.1, 0.15) is 0 Å². The van der Waals surface area contributed by atoms with Gasteiger partial charge in [-0.25, -0.2) is 4.79 Å². The standard InChI is InChI=1S/C14H12Cl2N2O2/c1-20-14(19)9-7-8(17)5-6-11(9)18-12-4-2-3-10(15)13(12)16/h2-7,18H,17H2,1H3. The fourth-order valence-corrected chi connectivity index (χ4v) is 2.04. The largest absolute Gasteiger partial charge is 0.465 e. The molecular formula is C14H12Cl2N2O2. The molecule has 20 heavy (non-hydrogen) atoms. The lowest BCUT2D eigenvalue weighted by Gasteiger charge is -2.13. The zero-order valence-corrected chi connectivity index (χ0v) is 12.1. The first-order valence-corrected chi connectivity index (χ1v) is 6.47. The smallest absolute Gasteiger partial charge is 0.340 e. The van der Waals surface area contributed by atoms with Crippen molar-refractivity contribution in [3.05, 3.63) is 52.0 Å². The summed E-state index contributed by atoms with van der Waals surface area (Å²) in [7, 11) is 1.31. The van der Waals surface area contributed by atoms with Crippen molar-refractivity contribution in [2.45, 2.75) is 0 Å². The van der Waals surface area contributed by atoms with Gasteiger partial charge in [-0.05, 0) is 30.3 Å². The van der Waals surface area contributed by atoms with Gasteiger partial charge in [-0.2, -0.15) is 0 Å². The molecule has 4 nitrogen and oxygen atoms in total. The minimum absolute atomic E-state index is 0.323. The molecule has 0 bridgehead atoms. The second-order valence-electron chi connectivity index (χ2n) is 4.02. The highest BCUT2D eigenvalue weighted by Crippen LogP contribution is 2.33. The molecule has 6 heteroatoms. The van der Waals surface area contributed by atoms with Crippen LogP contribution in [0.2, 0.25) is 10.0 Å². The summed E-state index contributed by atoms with van der Waals surface area (Å²) in [6, 6.07) is 10.1. The Bertz CT molecular complexity index is 660. The first-order valence-electron chi connectivity index (χ1n) is 5.72. The van der Waals surface area contributed by atoms with Gasteiger partial charge in [0.25, 0.3) is 0 Å². The van der Waals surface area contributed by atoms with Gasteiger partial charge in [-0.15, -0.1) is 0 Å². The van der Waals surface area contributed by atoms with Crippen molar-refractivity contribution in [1.82, 2.24) is 0 Å². The van der Waals surface area contributed by atoms with Crippen LogP contribution in [-0.2, 0) is 4.74 Å². The minimum Gasteiger partial charge on any atom is -0.465 e. The predicted molar refractivity (Wildman–Crippen MR) is 81.9 cm³/mol. The van der Waals surface area contributed by atoms with Gasteiger partial charge < -0.3 is 15.8 Å². The molecular weight excluding hydrogens is 299 g/mol. The van der Waals surface area contributed by atoms with E-state index in [1.165, 1.54) is 13.2 Å². The third-order valence-corrected chi connectivity index (χ3v) is 3.49. The quantitative estimate of drug-likeness (QED) is 0.661. The predicted octanol–water partition coefficient (Wildman–Crippen LogP) is 4.11. The Morgan fingerprint density at radius 1 is 1.20 bits per heavy atom. The number of ether oxygens (including phenoxy) is 1. The summed E-state index contributed by atoms with van der Waals surface area (Å²) < 4.78 is 4.73. The number of anilines is 3. The summed E-state index contributed by atoms with van der Waals surface area (Å²) in [6.07, 6.45) is 0. The van der Waals surface area contributed by atoms with Crippen molar-refractivity contribution in [2.24, 2.45) is 0 Å². The van der Waals surface area contributed by atoms with Crippen LogP contribution in [0.3, 0.4) is 0 Å². The monoisotopic (exact) mass is 310 g/mol. The summed E-state index contributed by atoms with van der Waals surface area (Å²) in [5.74, 6) is -0.488. The molecule has 0 aliphatic rings. The number of rotatable bonds is 3. The average Bonchev–Trinajstić information content (AvgIpc) is 2.44. The van der Waals surface area contributed by atoms with E-state index in [4.69, 9.17) is 33.7 Å². The van der Waals surface area contributed by atoms with Gasteiger partial charge in [-0.1, -0.05) is 29.3 Å². The maximum Gasteiger partial charge on any atom is 0.340 e. The molecule has 2 aromatic carbocycles. The maximum atomic E-state index is 11.8. The Morgan fingerprint density at radius 3 is 2.65 bits per heavy atom. The van der Waals surface area contributed by atoms with Crippen LogP contribution in [0.25, 0.3) is 0 Å². The van der Waals surface area contributed by atoms with E-state index < -0.39 is 5.97 Å². The molecule has 2 aromatic rings. The van der Waals surface area contributed by atoms with Crippen molar-refractivity contribution >= 4 is 46.2 Å². The molecule has 3 N–H and O–H groups in total. The number of hydrogen-bond donors (Lipinski definition) is 2. The zero-order chi connectivity index (χ0) is 14.7. The van der Waals surface area contributed by atoms with Crippen molar-refractivity contribution in [2.75, 3.05) is 18.2 Å². The van der Waals surface area contributed by atoms with Crippen LogP contribution in [0, 0.1) is 0 Å². The second-order valence-corrected chi connectivity index (χ2v) is 4.81. The summed E-state index contributed by atoms with van der Waals surface area (Å²) in [5.41, 5.74) is 7.60. The lowest BCUT2D eigenvalue weighted by Crippen LogP contribution is -2.06. The third-order valence-electron chi connectivity index (χ3n) is 2.67. The number of methoxy groups -OCH3 is 1. The molecule has 0 aliphatic heterocycles. The molecule has 2 rings (SSSR count). The van der Waals surface area contributed by atoms with E-state index in [0.717, 1.165) is 0 Å². The van der Waals surface area contributed by atoms with Crippen LogP contribution in [0.4, 0.5) is 17.1 Å². The van der Waals surface area contributed by atoms with Gasteiger partial charge in [0.2, 0.25) is 0 Å². The number of hydrogen-bond acceptors (Lipinski definition) is 4. The van der Waals surface area contributed by atoms with Gasteiger partial charge in [0, 0.05) is 5.69 Å². The van der Waals surface area contributed by atoms with Crippen molar-refractivity contribution in [3.8, 4) is 0 Å². The summed E-state index contributed by atoms with van der Waals surface area (Å²) in [5, 5.41) is 3.85. The number of carbonyl (C=O) groups is 1. The number of nitrogen functional groups attached to an aromatic ring is 1. The highest BCUT2D eigenvalue weighted by Gasteiger charge is 2.14. The van der Waals surface area contributed by atoms with Crippen LogP contribution in [0.15, 0.2) is 36.4 Å². The molecule has 0 spiro atoms. The van der Waals surface area contributed by atoms with Gasteiger partial charge >= 0.3 is 5.97 Å². The summed E-state index contributed by atoms with van der Waals surface area (Å²) >= 11 is 12.1. The number of carbonyl (C=O) groups excluding carboxylic acids is 1. The molecule has 0 saturated carbocycles. The molecule has 0 aromatic heterocycles. The van der Waals surface area contributed by atoms with Gasteiger partial charge in [0.05, 0.1) is 34.1 Å². The number of esters is 1. The van der Waals surface area contributed by atoms with Gasteiger partial charge in [0.15, 0.2) is 0 Å². The maximum absolute atomic E-state index is 11.8. The SMILES string of the molecule is COC(=O)c1cc(N)ccc1Nc1cccc(Cl)c1Cl. The molecule has 0 fully saturated rings. The lowest BCUT2D eigenvalue weighted by molar-refractivity contribution is 0.0602. The molecule has 0 aliphatic carbocycles. The van der Waals surface area contributed by atoms with Crippen LogP contribution >= 0.6 is 23.2 Å². The molecule has 0 heterocycles. The van der Waals surface area contributed by atoms with E-state index in [1.54, 1.807) is 30.3 Å². The summed E-state index contributed by atoms with van der Waals surface area (Å²) in [6.45, 7) is 0. The van der Waals surface area contributed by atoms with E-state index >= 15 is 0 Å². The highest BCUT2D eigenvalue weighted by molar-refractivity contribution is 6.43. The Hall–Kier alpha value is -1.91. The number of benzene rings is 2. The topological polar surface area (TPSA) is 64.3 Å². The molecule has 104 valence electrons. The Morgan fingerprint density at radius 2 is 1.95 bits per heavy atom. The fraction of sp³-hybridized carbons (Fsp3) is 0.0714. The lowest BCUT2D eigenvalue weighted by atomic mass is 10.1. The van der Waals surface area contributed by atoms with Crippen LogP contribution in [-0.4, -0.2) is 13.1 Å². The van der Waals surface area contributed by atoms with Crippen molar-refractivity contribution < 1.29 is 9.53 Å². The molecule has 0 atom stereocenters. The van der Waals surface area contributed by atoms with E-state index in [-0.39, 0.29) is 0 Å². The normalized spacial score (nSPS) is 10.2. The third kappa shape index (κ3) is 2.98. The van der Waals surface area contributed by atoms with E-state index in [1.807, 2.05) is 0 Å². The van der Waals surface area contributed by atoms with E-state index in [0.29, 0.717) is 32.7 Å². The Balaban J connectivity index is 2.43. The Kier molecular flexibility index (Phi) is 4.37. The molecule has 0 amide bonds. The first kappa shape index (κ1) is 14.5. The van der Waals surface area contributed by atoms with E-state index in [9.17, 15) is 4.79 Å². The van der Waals surface area contributed by atoms with E-state index in [2.05, 4.69) is 5.32 Å². The summed E-state index contributed by atoms with van der Waals surface area (Å²) in [4.78, 5) is 11.8.